The van der Waals surface area contributed by atoms with Crippen LogP contribution in [0.4, 0.5) is 0 Å². The van der Waals surface area contributed by atoms with Crippen LogP contribution in [0.1, 0.15) is 37.7 Å². The smallest absolute Gasteiger partial charge is 0.119 e. The Morgan fingerprint density at radius 2 is 2.06 bits per heavy atom. The predicted octanol–water partition coefficient (Wildman–Crippen LogP) is 3.54. The average molecular weight is 247 g/mol. The molecule has 1 saturated carbocycles. The molecule has 1 aromatic carbocycles. The summed E-state index contributed by atoms with van der Waals surface area (Å²) >= 11 is 0. The van der Waals surface area contributed by atoms with E-state index in [4.69, 9.17) is 4.74 Å². The van der Waals surface area contributed by atoms with Crippen molar-refractivity contribution < 1.29 is 4.74 Å². The highest BCUT2D eigenvalue weighted by atomic mass is 16.5. The maximum absolute atomic E-state index is 5.71. The van der Waals surface area contributed by atoms with E-state index in [9.17, 15) is 0 Å². The summed E-state index contributed by atoms with van der Waals surface area (Å²) in [6.07, 6.45) is 7.10. The van der Waals surface area contributed by atoms with E-state index in [1.165, 1.54) is 37.7 Å². The van der Waals surface area contributed by atoms with Gasteiger partial charge in [-0.25, -0.2) is 0 Å². The minimum atomic E-state index is 0.760. The molecule has 0 aliphatic heterocycles. The lowest BCUT2D eigenvalue weighted by Gasteiger charge is -2.21. The highest BCUT2D eigenvalue weighted by molar-refractivity contribution is 5.27. The van der Waals surface area contributed by atoms with Crippen LogP contribution in [0.5, 0.6) is 5.75 Å². The van der Waals surface area contributed by atoms with E-state index >= 15 is 0 Å². The molecular weight excluding hydrogens is 222 g/mol. The molecule has 0 saturated heterocycles. The molecule has 1 N–H and O–H groups in total. The van der Waals surface area contributed by atoms with Crippen LogP contribution >= 0.6 is 0 Å². The van der Waals surface area contributed by atoms with E-state index in [0.29, 0.717) is 0 Å². The van der Waals surface area contributed by atoms with Crippen molar-refractivity contribution in [3.8, 4) is 5.75 Å². The molecule has 1 aliphatic carbocycles. The van der Waals surface area contributed by atoms with Gasteiger partial charge in [-0.3, -0.25) is 0 Å². The fourth-order valence-electron chi connectivity index (χ4n) is 2.64. The van der Waals surface area contributed by atoms with Crippen molar-refractivity contribution in [2.75, 3.05) is 19.7 Å². The number of hydrogen-bond acceptors (Lipinski definition) is 2. The van der Waals surface area contributed by atoms with Crippen molar-refractivity contribution >= 4 is 0 Å². The first-order valence-corrected chi connectivity index (χ1v) is 7.25. The summed E-state index contributed by atoms with van der Waals surface area (Å²) in [6, 6.07) is 8.24. The molecule has 2 rings (SSSR count). The third kappa shape index (κ3) is 4.69. The molecule has 0 spiro atoms. The van der Waals surface area contributed by atoms with Crippen LogP contribution in [-0.2, 0) is 0 Å². The summed E-state index contributed by atoms with van der Waals surface area (Å²) in [5.41, 5.74) is 1.25. The average Bonchev–Trinajstić information content (AvgIpc) is 2.40. The van der Waals surface area contributed by atoms with Crippen LogP contribution in [0.2, 0.25) is 0 Å². The monoisotopic (exact) mass is 247 g/mol. The standard InChI is InChI=1S/C16H25NO/c1-14-6-5-9-16(12-14)18-11-10-17-13-15-7-3-2-4-8-15/h5-6,9,12,15,17H,2-4,7-8,10-11,13H2,1H3. The predicted molar refractivity (Wildman–Crippen MR) is 76.1 cm³/mol. The van der Waals surface area contributed by atoms with Crippen molar-refractivity contribution in [1.29, 1.82) is 0 Å². The van der Waals surface area contributed by atoms with Gasteiger partial charge in [0.25, 0.3) is 0 Å². The van der Waals surface area contributed by atoms with Gasteiger partial charge in [-0.1, -0.05) is 31.4 Å². The molecule has 0 amide bonds. The SMILES string of the molecule is Cc1cccc(OCCNCC2CCCCC2)c1. The molecule has 2 nitrogen and oxygen atoms in total. The molecular formula is C16H25NO. The minimum absolute atomic E-state index is 0.760. The highest BCUT2D eigenvalue weighted by Gasteiger charge is 2.12. The Morgan fingerprint density at radius 1 is 1.22 bits per heavy atom. The summed E-state index contributed by atoms with van der Waals surface area (Å²) in [7, 11) is 0. The van der Waals surface area contributed by atoms with Crippen molar-refractivity contribution in [3.63, 3.8) is 0 Å². The van der Waals surface area contributed by atoms with Gasteiger partial charge >= 0.3 is 0 Å². The first-order chi connectivity index (χ1) is 8.84. The Bertz CT molecular complexity index is 345. The fourth-order valence-corrected chi connectivity index (χ4v) is 2.64. The second kappa shape index (κ2) is 7.42. The largest absolute Gasteiger partial charge is 0.492 e. The fraction of sp³-hybridized carbons (Fsp3) is 0.625. The molecule has 100 valence electrons. The molecule has 0 unspecified atom stereocenters. The number of hydrogen-bond donors (Lipinski definition) is 1. The molecule has 1 aromatic rings. The van der Waals surface area contributed by atoms with Crippen LogP contribution in [0.25, 0.3) is 0 Å². The Kier molecular flexibility index (Phi) is 5.53. The Balaban J connectivity index is 1.55. The summed E-state index contributed by atoms with van der Waals surface area (Å²) in [6.45, 7) is 4.96. The van der Waals surface area contributed by atoms with Crippen molar-refractivity contribution in [1.82, 2.24) is 5.32 Å². The summed E-state index contributed by atoms with van der Waals surface area (Å²) < 4.78 is 5.71. The van der Waals surface area contributed by atoms with Crippen LogP contribution < -0.4 is 10.1 Å². The lowest BCUT2D eigenvalue weighted by molar-refractivity contribution is 0.294. The van der Waals surface area contributed by atoms with Crippen LogP contribution in [0.3, 0.4) is 0 Å². The lowest BCUT2D eigenvalue weighted by atomic mass is 9.89. The second-order valence-electron chi connectivity index (χ2n) is 5.37. The zero-order valence-electron chi connectivity index (χ0n) is 11.5. The van der Waals surface area contributed by atoms with Gasteiger partial charge in [-0.15, -0.1) is 0 Å². The lowest BCUT2D eigenvalue weighted by Crippen LogP contribution is -2.28. The minimum Gasteiger partial charge on any atom is -0.492 e. The second-order valence-corrected chi connectivity index (χ2v) is 5.37. The Morgan fingerprint density at radius 3 is 2.83 bits per heavy atom. The van der Waals surface area contributed by atoms with Gasteiger partial charge < -0.3 is 10.1 Å². The molecule has 0 radical (unpaired) electrons. The van der Waals surface area contributed by atoms with Gasteiger partial charge in [-0.2, -0.15) is 0 Å². The van der Waals surface area contributed by atoms with Gasteiger partial charge in [0.1, 0.15) is 12.4 Å². The number of aryl methyl sites for hydroxylation is 1. The summed E-state index contributed by atoms with van der Waals surface area (Å²) in [4.78, 5) is 0. The van der Waals surface area contributed by atoms with Gasteiger partial charge in [0.2, 0.25) is 0 Å². The molecule has 0 heterocycles. The van der Waals surface area contributed by atoms with Crippen molar-refractivity contribution in [2.24, 2.45) is 5.92 Å². The molecule has 0 atom stereocenters. The van der Waals surface area contributed by atoms with E-state index in [1.807, 2.05) is 12.1 Å². The van der Waals surface area contributed by atoms with E-state index in [0.717, 1.165) is 31.4 Å². The van der Waals surface area contributed by atoms with Crippen LogP contribution in [-0.4, -0.2) is 19.7 Å². The van der Waals surface area contributed by atoms with Crippen molar-refractivity contribution in [3.05, 3.63) is 29.8 Å². The number of ether oxygens (including phenoxy) is 1. The van der Waals surface area contributed by atoms with Gasteiger partial charge in [0.15, 0.2) is 0 Å². The third-order valence-corrected chi connectivity index (χ3v) is 3.69. The van der Waals surface area contributed by atoms with E-state index in [2.05, 4.69) is 24.4 Å². The molecule has 18 heavy (non-hydrogen) atoms. The topological polar surface area (TPSA) is 21.3 Å². The number of nitrogens with one attached hydrogen (secondary N) is 1. The first kappa shape index (κ1) is 13.4. The maximum Gasteiger partial charge on any atom is 0.119 e. The van der Waals surface area contributed by atoms with Gasteiger partial charge in [0, 0.05) is 6.54 Å². The molecule has 0 aromatic heterocycles. The van der Waals surface area contributed by atoms with E-state index in [1.54, 1.807) is 0 Å². The number of benzene rings is 1. The zero-order valence-corrected chi connectivity index (χ0v) is 11.5. The molecule has 1 aliphatic rings. The summed E-state index contributed by atoms with van der Waals surface area (Å²) in [5, 5.41) is 3.51. The molecule has 0 bridgehead atoms. The van der Waals surface area contributed by atoms with Crippen LogP contribution in [0, 0.1) is 12.8 Å². The maximum atomic E-state index is 5.71. The number of rotatable bonds is 6. The molecule has 2 heteroatoms. The van der Waals surface area contributed by atoms with Gasteiger partial charge in [0.05, 0.1) is 0 Å². The van der Waals surface area contributed by atoms with E-state index in [-0.39, 0.29) is 0 Å². The summed E-state index contributed by atoms with van der Waals surface area (Å²) in [5.74, 6) is 1.88. The highest BCUT2D eigenvalue weighted by Crippen LogP contribution is 2.22. The quantitative estimate of drug-likeness (QED) is 0.776. The Labute approximate surface area is 111 Å². The zero-order chi connectivity index (χ0) is 12.6. The van der Waals surface area contributed by atoms with E-state index < -0.39 is 0 Å². The van der Waals surface area contributed by atoms with Crippen LogP contribution in [0.15, 0.2) is 24.3 Å². The molecule has 1 fully saturated rings. The Hall–Kier alpha value is -1.02. The van der Waals surface area contributed by atoms with Crippen molar-refractivity contribution in [2.45, 2.75) is 39.0 Å². The third-order valence-electron chi connectivity index (χ3n) is 3.69. The van der Waals surface area contributed by atoms with Gasteiger partial charge in [-0.05, 0) is 49.9 Å². The normalized spacial score (nSPS) is 16.7. The first-order valence-electron chi connectivity index (χ1n) is 7.25.